The van der Waals surface area contributed by atoms with Gasteiger partial charge < -0.3 is 14.8 Å². The van der Waals surface area contributed by atoms with Gasteiger partial charge >= 0.3 is 0 Å². The van der Waals surface area contributed by atoms with Crippen LogP contribution in [-0.4, -0.2) is 40.8 Å². The maximum Gasteiger partial charge on any atom is 0.248 e. The molecule has 8 heteroatoms. The van der Waals surface area contributed by atoms with Crippen LogP contribution in [-0.2, 0) is 14.8 Å². The summed E-state index contributed by atoms with van der Waals surface area (Å²) < 4.78 is 36.8. The van der Waals surface area contributed by atoms with Crippen molar-refractivity contribution in [2.45, 2.75) is 32.7 Å². The molecule has 0 aliphatic rings. The molecule has 0 heterocycles. The molecule has 0 saturated carbocycles. The van der Waals surface area contributed by atoms with E-state index in [1.54, 1.807) is 18.2 Å². The molecular weight excluding hydrogens is 392 g/mol. The Labute approximate surface area is 172 Å². The van der Waals surface area contributed by atoms with Crippen molar-refractivity contribution in [3.05, 3.63) is 48.0 Å². The fourth-order valence-electron chi connectivity index (χ4n) is 3.10. The second-order valence-electron chi connectivity index (χ2n) is 7.00. The summed E-state index contributed by atoms with van der Waals surface area (Å²) in [6.07, 6.45) is 1.05. The summed E-state index contributed by atoms with van der Waals surface area (Å²) in [4.78, 5) is 13.0. The normalized spacial score (nSPS) is 12.4. The van der Waals surface area contributed by atoms with Crippen LogP contribution in [0.5, 0.6) is 11.5 Å². The van der Waals surface area contributed by atoms with E-state index in [-0.39, 0.29) is 11.6 Å². The summed E-state index contributed by atoms with van der Waals surface area (Å²) in [7, 11) is -0.880. The number of benzene rings is 2. The van der Waals surface area contributed by atoms with E-state index in [1.807, 2.05) is 32.0 Å². The number of ether oxygens (including phenoxy) is 2. The Bertz CT molecular complexity index is 973. The average Bonchev–Trinajstić information content (AvgIpc) is 2.67. The SMILES string of the molecule is COc1ccc(OC)c(N([C@@H](C)C(=O)Nc2ccccc2C(C)C)S(C)(=O)=O)c1. The van der Waals surface area contributed by atoms with Gasteiger partial charge in [0.2, 0.25) is 15.9 Å². The van der Waals surface area contributed by atoms with Gasteiger partial charge in [-0.25, -0.2) is 8.42 Å². The first-order chi connectivity index (χ1) is 13.6. The fourth-order valence-corrected chi connectivity index (χ4v) is 4.27. The van der Waals surface area contributed by atoms with Crippen molar-refractivity contribution in [2.24, 2.45) is 0 Å². The molecule has 0 saturated heterocycles. The van der Waals surface area contributed by atoms with E-state index in [9.17, 15) is 13.2 Å². The molecule has 0 fully saturated rings. The largest absolute Gasteiger partial charge is 0.497 e. The zero-order valence-corrected chi connectivity index (χ0v) is 18.4. The summed E-state index contributed by atoms with van der Waals surface area (Å²) in [5, 5.41) is 2.86. The zero-order chi connectivity index (χ0) is 21.8. The van der Waals surface area contributed by atoms with Crippen molar-refractivity contribution in [3.8, 4) is 11.5 Å². The Balaban J connectivity index is 2.46. The first kappa shape index (κ1) is 22.5. The molecule has 0 aromatic heterocycles. The second kappa shape index (κ2) is 9.17. The van der Waals surface area contributed by atoms with Gasteiger partial charge in [0.05, 0.1) is 26.2 Å². The Morgan fingerprint density at radius 1 is 1.03 bits per heavy atom. The molecule has 29 heavy (non-hydrogen) atoms. The third-order valence-electron chi connectivity index (χ3n) is 4.55. The minimum atomic E-state index is -3.80. The number of rotatable bonds is 8. The highest BCUT2D eigenvalue weighted by Gasteiger charge is 2.32. The molecule has 0 bridgehead atoms. The molecule has 158 valence electrons. The van der Waals surface area contributed by atoms with Gasteiger partial charge in [0.15, 0.2) is 0 Å². The summed E-state index contributed by atoms with van der Waals surface area (Å²) in [6, 6.07) is 11.2. The number of carbonyl (C=O) groups excluding carboxylic acids is 1. The van der Waals surface area contributed by atoms with Crippen LogP contribution >= 0.6 is 0 Å². The van der Waals surface area contributed by atoms with E-state index in [0.717, 1.165) is 16.1 Å². The molecule has 0 unspecified atom stereocenters. The standard InChI is InChI=1S/C21H28N2O5S/c1-14(2)17-9-7-8-10-18(17)22-21(24)15(3)23(29(6,25)26)19-13-16(27-4)11-12-20(19)28-5/h7-15H,1-6H3,(H,22,24)/t15-/m0/s1. The number of anilines is 2. The minimum Gasteiger partial charge on any atom is -0.497 e. The van der Waals surface area contributed by atoms with Crippen molar-refractivity contribution in [2.75, 3.05) is 30.1 Å². The number of amides is 1. The Kier molecular flexibility index (Phi) is 7.13. The number of methoxy groups -OCH3 is 2. The lowest BCUT2D eigenvalue weighted by atomic mass is 10.0. The molecule has 2 rings (SSSR count). The molecule has 1 N–H and O–H groups in total. The highest BCUT2D eigenvalue weighted by Crippen LogP contribution is 2.35. The first-order valence-corrected chi connectivity index (χ1v) is 11.1. The van der Waals surface area contributed by atoms with Crippen molar-refractivity contribution in [1.82, 2.24) is 0 Å². The summed E-state index contributed by atoms with van der Waals surface area (Å²) >= 11 is 0. The van der Waals surface area contributed by atoms with Gasteiger partial charge in [-0.2, -0.15) is 0 Å². The third-order valence-corrected chi connectivity index (χ3v) is 5.78. The van der Waals surface area contributed by atoms with E-state index < -0.39 is 22.0 Å². The van der Waals surface area contributed by atoms with Gasteiger partial charge in [0, 0.05) is 11.8 Å². The van der Waals surface area contributed by atoms with Crippen LogP contribution in [0, 0.1) is 0 Å². The smallest absolute Gasteiger partial charge is 0.248 e. The number of carbonyl (C=O) groups is 1. The van der Waals surface area contributed by atoms with Crippen LogP contribution in [0.15, 0.2) is 42.5 Å². The number of nitrogens with zero attached hydrogens (tertiary/aromatic N) is 1. The maximum atomic E-state index is 13.0. The van der Waals surface area contributed by atoms with Crippen LogP contribution in [0.4, 0.5) is 11.4 Å². The van der Waals surface area contributed by atoms with Gasteiger partial charge in [-0.3, -0.25) is 9.10 Å². The number of nitrogens with one attached hydrogen (secondary N) is 1. The van der Waals surface area contributed by atoms with Crippen LogP contribution < -0.4 is 19.1 Å². The maximum absolute atomic E-state index is 13.0. The Morgan fingerprint density at radius 3 is 2.24 bits per heavy atom. The van der Waals surface area contributed by atoms with E-state index in [4.69, 9.17) is 9.47 Å². The molecule has 7 nitrogen and oxygen atoms in total. The highest BCUT2D eigenvalue weighted by molar-refractivity contribution is 7.92. The summed E-state index contributed by atoms with van der Waals surface area (Å²) in [5.41, 5.74) is 1.86. The lowest BCUT2D eigenvalue weighted by Crippen LogP contribution is -2.45. The average molecular weight is 421 g/mol. The molecular formula is C21H28N2O5S. The quantitative estimate of drug-likeness (QED) is 0.705. The van der Waals surface area contributed by atoms with Crippen LogP contribution in [0.2, 0.25) is 0 Å². The fraction of sp³-hybridized carbons (Fsp3) is 0.381. The highest BCUT2D eigenvalue weighted by atomic mass is 32.2. The Hall–Kier alpha value is -2.74. The molecule has 1 atom stereocenters. The Morgan fingerprint density at radius 2 is 1.69 bits per heavy atom. The van der Waals surface area contributed by atoms with Gasteiger partial charge in [0.25, 0.3) is 0 Å². The van der Waals surface area contributed by atoms with Gasteiger partial charge in [-0.05, 0) is 36.6 Å². The lowest BCUT2D eigenvalue weighted by molar-refractivity contribution is -0.116. The van der Waals surface area contributed by atoms with Crippen molar-refractivity contribution in [1.29, 1.82) is 0 Å². The van der Waals surface area contributed by atoms with Crippen molar-refractivity contribution in [3.63, 3.8) is 0 Å². The monoisotopic (exact) mass is 420 g/mol. The topological polar surface area (TPSA) is 84.9 Å². The van der Waals surface area contributed by atoms with Gasteiger partial charge in [0.1, 0.15) is 17.5 Å². The molecule has 2 aromatic carbocycles. The zero-order valence-electron chi connectivity index (χ0n) is 17.6. The number of sulfonamides is 1. The van der Waals surface area contributed by atoms with Gasteiger partial charge in [-0.1, -0.05) is 32.0 Å². The third kappa shape index (κ3) is 5.20. The second-order valence-corrected chi connectivity index (χ2v) is 8.86. The van der Waals surface area contributed by atoms with Crippen LogP contribution in [0.1, 0.15) is 32.3 Å². The molecule has 0 aliphatic carbocycles. The number of hydrogen-bond donors (Lipinski definition) is 1. The number of para-hydroxylation sites is 1. The van der Waals surface area contributed by atoms with Gasteiger partial charge in [-0.15, -0.1) is 0 Å². The van der Waals surface area contributed by atoms with Crippen LogP contribution in [0.25, 0.3) is 0 Å². The minimum absolute atomic E-state index is 0.200. The van der Waals surface area contributed by atoms with E-state index in [0.29, 0.717) is 17.2 Å². The molecule has 0 aliphatic heterocycles. The van der Waals surface area contributed by atoms with E-state index >= 15 is 0 Å². The predicted molar refractivity (Wildman–Crippen MR) is 115 cm³/mol. The van der Waals surface area contributed by atoms with Crippen molar-refractivity contribution < 1.29 is 22.7 Å². The van der Waals surface area contributed by atoms with E-state index in [1.165, 1.54) is 27.2 Å². The summed E-state index contributed by atoms with van der Waals surface area (Å²) in [5.74, 6) is 0.519. The van der Waals surface area contributed by atoms with Crippen molar-refractivity contribution >= 4 is 27.3 Å². The van der Waals surface area contributed by atoms with Crippen LogP contribution in [0.3, 0.4) is 0 Å². The lowest BCUT2D eigenvalue weighted by Gasteiger charge is -2.30. The predicted octanol–water partition coefficient (Wildman–Crippen LogP) is 3.62. The first-order valence-electron chi connectivity index (χ1n) is 9.21. The van der Waals surface area contributed by atoms with E-state index in [2.05, 4.69) is 5.32 Å². The number of hydrogen-bond acceptors (Lipinski definition) is 5. The molecule has 0 spiro atoms. The molecule has 2 aromatic rings. The molecule has 0 radical (unpaired) electrons. The summed E-state index contributed by atoms with van der Waals surface area (Å²) in [6.45, 7) is 5.59. The molecule has 1 amide bonds.